The van der Waals surface area contributed by atoms with Crippen molar-refractivity contribution < 1.29 is 45.4 Å². The van der Waals surface area contributed by atoms with Gasteiger partial charge in [-0.3, -0.25) is 4.68 Å². The van der Waals surface area contributed by atoms with Crippen LogP contribution < -0.4 is 20.3 Å². The predicted octanol–water partition coefficient (Wildman–Crippen LogP) is 8.04. The molecular weight excluding hydrogens is 611 g/mol. The number of rotatable bonds is 5. The van der Waals surface area contributed by atoms with E-state index in [-0.39, 0.29) is 34.9 Å². The summed E-state index contributed by atoms with van der Waals surface area (Å²) >= 11 is 0. The third-order valence-electron chi connectivity index (χ3n) is 8.03. The summed E-state index contributed by atoms with van der Waals surface area (Å²) in [5.74, 6) is -2.59. The quantitative estimate of drug-likeness (QED) is 0.246. The van der Waals surface area contributed by atoms with Crippen LogP contribution in [-0.4, -0.2) is 39.4 Å². The van der Waals surface area contributed by atoms with E-state index in [1.807, 2.05) is 0 Å². The van der Waals surface area contributed by atoms with Crippen LogP contribution in [-0.2, 0) is 13.2 Å². The van der Waals surface area contributed by atoms with Crippen molar-refractivity contribution in [3.8, 4) is 5.75 Å². The summed E-state index contributed by atoms with van der Waals surface area (Å²) in [6.45, 7) is 5.44. The molecule has 45 heavy (non-hydrogen) atoms. The lowest BCUT2D eigenvalue weighted by Gasteiger charge is -2.44. The Morgan fingerprint density at radius 1 is 1.02 bits per heavy atom. The number of carbonyl (C=O) groups excluding carboxylic acids is 1. The van der Waals surface area contributed by atoms with Gasteiger partial charge in [-0.2, -0.15) is 18.3 Å². The molecule has 240 valence electrons. The Hall–Kier alpha value is -4.69. The summed E-state index contributed by atoms with van der Waals surface area (Å²) in [4.78, 5) is 14.7. The van der Waals surface area contributed by atoms with E-state index in [9.17, 15) is 36.2 Å². The minimum atomic E-state index is -4.87. The SMILES string of the molecule is Cn1nc(C(F)(F)F)cc1C1=C(F)C=C(O)C2(C)C1C(C)(C)CN2c1ccccc1NC(=O)Nc1ccc(OC(F)(F)F)cc1. The lowest BCUT2D eigenvalue weighted by atomic mass is 9.65. The van der Waals surface area contributed by atoms with E-state index in [1.54, 1.807) is 49.9 Å². The number of carbonyl (C=O) groups is 1. The van der Waals surface area contributed by atoms with E-state index >= 15 is 4.39 Å². The molecule has 0 bridgehead atoms. The molecule has 1 aliphatic heterocycles. The highest BCUT2D eigenvalue weighted by atomic mass is 19.4. The van der Waals surface area contributed by atoms with Gasteiger partial charge in [0.1, 0.15) is 22.9 Å². The molecule has 2 heterocycles. The highest BCUT2D eigenvalue weighted by molar-refractivity contribution is 6.02. The summed E-state index contributed by atoms with van der Waals surface area (Å²) in [6, 6.07) is 11.1. The van der Waals surface area contributed by atoms with Gasteiger partial charge in [0.25, 0.3) is 0 Å². The molecule has 2 aromatic carbocycles. The number of aliphatic hydroxyl groups excluding tert-OH is 1. The van der Waals surface area contributed by atoms with Crippen molar-refractivity contribution in [2.24, 2.45) is 18.4 Å². The average molecular weight is 640 g/mol. The van der Waals surface area contributed by atoms with Gasteiger partial charge in [-0.25, -0.2) is 9.18 Å². The molecule has 15 heteroatoms. The van der Waals surface area contributed by atoms with Crippen LogP contribution in [0, 0.1) is 11.3 Å². The monoisotopic (exact) mass is 639 g/mol. The minimum Gasteiger partial charge on any atom is -0.510 e. The van der Waals surface area contributed by atoms with Crippen LogP contribution in [0.2, 0.25) is 0 Å². The maximum Gasteiger partial charge on any atom is 0.573 e. The standard InChI is InChI=1S/C30H28F7N5O3/c1-27(2)15-42(28(3)23(43)13-18(31)24(25(27)28)21-14-22(29(32,33)34)40-41(21)4)20-8-6-5-7-19(20)39-26(44)38-16-9-11-17(12-10-16)45-30(35,36)37/h5-14,25,43H,15H2,1-4H3,(H2,38,39,44). The Morgan fingerprint density at radius 3 is 2.27 bits per heavy atom. The van der Waals surface area contributed by atoms with E-state index in [2.05, 4.69) is 20.5 Å². The fourth-order valence-electron chi connectivity index (χ4n) is 6.32. The molecule has 2 aliphatic rings. The Labute approximate surface area is 252 Å². The van der Waals surface area contributed by atoms with Crippen LogP contribution >= 0.6 is 0 Å². The van der Waals surface area contributed by atoms with Crippen LogP contribution in [0.4, 0.5) is 52.6 Å². The maximum atomic E-state index is 15.7. The van der Waals surface area contributed by atoms with E-state index in [1.165, 1.54) is 19.2 Å². The number of alkyl halides is 6. The molecule has 2 amide bonds. The second kappa shape index (κ2) is 10.7. The smallest absolute Gasteiger partial charge is 0.510 e. The topological polar surface area (TPSA) is 91.7 Å². The van der Waals surface area contributed by atoms with E-state index in [0.29, 0.717) is 5.69 Å². The Balaban J connectivity index is 1.47. The summed E-state index contributed by atoms with van der Waals surface area (Å²) in [5.41, 5.74) is -2.67. The summed E-state index contributed by atoms with van der Waals surface area (Å²) < 4.78 is 98.4. The second-order valence-electron chi connectivity index (χ2n) is 11.7. The van der Waals surface area contributed by atoms with Crippen molar-refractivity contribution in [3.63, 3.8) is 0 Å². The number of hydrogen-bond acceptors (Lipinski definition) is 5. The van der Waals surface area contributed by atoms with E-state index in [4.69, 9.17) is 0 Å². The van der Waals surface area contributed by atoms with Gasteiger partial charge >= 0.3 is 18.6 Å². The number of hydrogen-bond donors (Lipinski definition) is 3. The summed E-state index contributed by atoms with van der Waals surface area (Å²) in [5, 5.41) is 20.0. The number of aliphatic hydroxyl groups is 1. The predicted molar refractivity (Wildman–Crippen MR) is 152 cm³/mol. The van der Waals surface area contributed by atoms with Crippen LogP contribution in [0.5, 0.6) is 5.75 Å². The Bertz CT molecular complexity index is 1690. The molecule has 1 aliphatic carbocycles. The maximum absolute atomic E-state index is 15.7. The lowest BCUT2D eigenvalue weighted by Crippen LogP contribution is -2.50. The minimum absolute atomic E-state index is 0.0468. The molecule has 0 spiro atoms. The molecule has 0 saturated carbocycles. The number of anilines is 3. The molecule has 2 atom stereocenters. The molecule has 3 aromatic rings. The van der Waals surface area contributed by atoms with Crippen molar-refractivity contribution in [2.45, 2.75) is 38.8 Å². The molecule has 0 radical (unpaired) electrons. The highest BCUT2D eigenvalue weighted by Crippen LogP contribution is 2.60. The van der Waals surface area contributed by atoms with E-state index in [0.717, 1.165) is 29.0 Å². The number of para-hydroxylation sites is 2. The van der Waals surface area contributed by atoms with Gasteiger partial charge in [-0.05, 0) is 54.8 Å². The van der Waals surface area contributed by atoms with Gasteiger partial charge in [0, 0.05) is 36.8 Å². The molecule has 8 nitrogen and oxygen atoms in total. The number of aromatic nitrogens is 2. The largest absolute Gasteiger partial charge is 0.573 e. The number of fused-ring (bicyclic) bond motifs is 1. The third-order valence-corrected chi connectivity index (χ3v) is 8.03. The van der Waals surface area contributed by atoms with Crippen molar-refractivity contribution >= 4 is 28.7 Å². The number of ether oxygens (including phenoxy) is 1. The molecule has 1 aromatic heterocycles. The van der Waals surface area contributed by atoms with Crippen molar-refractivity contribution in [1.29, 1.82) is 0 Å². The van der Waals surface area contributed by atoms with Crippen LogP contribution in [0.3, 0.4) is 0 Å². The van der Waals surface area contributed by atoms with Crippen LogP contribution in [0.1, 0.15) is 32.2 Å². The first-order valence-electron chi connectivity index (χ1n) is 13.5. The zero-order chi connectivity index (χ0) is 33.1. The fraction of sp³-hybridized carbons (Fsp3) is 0.333. The molecule has 3 N–H and O–H groups in total. The third kappa shape index (κ3) is 5.90. The van der Waals surface area contributed by atoms with Gasteiger partial charge in [0.15, 0.2) is 5.69 Å². The number of nitrogens with one attached hydrogen (secondary N) is 2. The molecule has 2 unspecified atom stereocenters. The van der Waals surface area contributed by atoms with E-state index < -0.39 is 52.7 Å². The summed E-state index contributed by atoms with van der Waals surface area (Å²) in [6.07, 6.45) is -8.75. The normalized spacial score (nSPS) is 21.4. The molecule has 5 rings (SSSR count). The highest BCUT2D eigenvalue weighted by Gasteiger charge is 2.61. The van der Waals surface area contributed by atoms with Crippen LogP contribution in [0.25, 0.3) is 5.57 Å². The summed E-state index contributed by atoms with van der Waals surface area (Å²) in [7, 11) is 1.29. The number of halogens is 7. The van der Waals surface area contributed by atoms with Gasteiger partial charge in [-0.15, -0.1) is 13.2 Å². The van der Waals surface area contributed by atoms with Crippen molar-refractivity contribution in [3.05, 3.63) is 83.6 Å². The number of allylic oxidation sites excluding steroid dienone is 2. The first-order chi connectivity index (χ1) is 20.8. The zero-order valence-corrected chi connectivity index (χ0v) is 24.3. The first-order valence-corrected chi connectivity index (χ1v) is 13.5. The number of urea groups is 1. The second-order valence-corrected chi connectivity index (χ2v) is 11.7. The number of benzene rings is 2. The number of nitrogens with zero attached hydrogens (tertiary/aromatic N) is 3. The molecule has 1 fully saturated rings. The van der Waals surface area contributed by atoms with Gasteiger partial charge < -0.3 is 25.4 Å². The lowest BCUT2D eigenvalue weighted by molar-refractivity contribution is -0.274. The fourth-order valence-corrected chi connectivity index (χ4v) is 6.32. The van der Waals surface area contributed by atoms with Gasteiger partial charge in [-0.1, -0.05) is 26.0 Å². The molecule has 1 saturated heterocycles. The van der Waals surface area contributed by atoms with Gasteiger partial charge in [0.05, 0.1) is 17.1 Å². The molecular formula is C30H28F7N5O3. The zero-order valence-electron chi connectivity index (χ0n) is 24.3. The van der Waals surface area contributed by atoms with Crippen molar-refractivity contribution in [2.75, 3.05) is 22.1 Å². The number of amides is 2. The van der Waals surface area contributed by atoms with Crippen LogP contribution in [0.15, 0.2) is 72.3 Å². The number of aryl methyl sites for hydroxylation is 1. The van der Waals surface area contributed by atoms with Crippen molar-refractivity contribution in [1.82, 2.24) is 9.78 Å². The Kier molecular flexibility index (Phi) is 7.57. The Morgan fingerprint density at radius 2 is 1.67 bits per heavy atom. The average Bonchev–Trinajstić information content (AvgIpc) is 3.41. The van der Waals surface area contributed by atoms with Gasteiger partial charge in [0.2, 0.25) is 0 Å². The first kappa shape index (κ1) is 31.7.